The fraction of sp³-hybridized carbons (Fsp3) is 0.667. The molecule has 9 heteroatoms. The van der Waals surface area contributed by atoms with Gasteiger partial charge in [0, 0.05) is 19.7 Å². The standard InChI is InChI=1S/C18H23F8N/c1-4-6-7-11(5-2)8-9-27(3)13-10-12(19)15(20)14(16(13)21)17(22,23)18(24,25)26/h10-11H,4-9H2,1-3H3. The molecule has 0 saturated heterocycles. The zero-order valence-corrected chi connectivity index (χ0v) is 15.4. The number of nitrogens with zero attached hydrogens (tertiary/aromatic N) is 1. The highest BCUT2D eigenvalue weighted by Gasteiger charge is 2.62. The van der Waals surface area contributed by atoms with Gasteiger partial charge in [0.2, 0.25) is 0 Å². The minimum atomic E-state index is -6.26. The van der Waals surface area contributed by atoms with Crippen LogP contribution in [0.3, 0.4) is 0 Å². The quantitative estimate of drug-likeness (QED) is 0.323. The third-order valence-corrected chi connectivity index (χ3v) is 4.63. The van der Waals surface area contributed by atoms with Crippen LogP contribution in [-0.2, 0) is 5.92 Å². The van der Waals surface area contributed by atoms with Crippen molar-refractivity contribution in [1.82, 2.24) is 0 Å². The first-order valence-corrected chi connectivity index (χ1v) is 8.72. The van der Waals surface area contributed by atoms with Crippen LogP contribution in [0.4, 0.5) is 40.8 Å². The molecular formula is C18H23F8N. The fourth-order valence-electron chi connectivity index (χ4n) is 2.83. The summed E-state index contributed by atoms with van der Waals surface area (Å²) >= 11 is 0. The monoisotopic (exact) mass is 405 g/mol. The van der Waals surface area contributed by atoms with E-state index in [0.29, 0.717) is 12.5 Å². The number of rotatable bonds is 9. The molecule has 0 aliphatic heterocycles. The Hall–Kier alpha value is -1.54. The molecule has 0 saturated carbocycles. The average Bonchev–Trinajstić information content (AvgIpc) is 2.57. The lowest BCUT2D eigenvalue weighted by atomic mass is 9.95. The summed E-state index contributed by atoms with van der Waals surface area (Å²) in [5.74, 6) is -12.2. The smallest absolute Gasteiger partial charge is 0.372 e. The van der Waals surface area contributed by atoms with Crippen molar-refractivity contribution < 1.29 is 35.1 Å². The molecule has 27 heavy (non-hydrogen) atoms. The van der Waals surface area contributed by atoms with Gasteiger partial charge in [-0.1, -0.05) is 39.5 Å². The van der Waals surface area contributed by atoms with E-state index >= 15 is 0 Å². The van der Waals surface area contributed by atoms with Gasteiger partial charge >= 0.3 is 12.1 Å². The van der Waals surface area contributed by atoms with Gasteiger partial charge < -0.3 is 4.90 Å². The van der Waals surface area contributed by atoms with E-state index in [0.717, 1.165) is 30.6 Å². The first kappa shape index (κ1) is 23.5. The Morgan fingerprint density at radius 3 is 2.04 bits per heavy atom. The summed E-state index contributed by atoms with van der Waals surface area (Å²) in [4.78, 5) is 1.03. The minimum Gasteiger partial charge on any atom is -0.372 e. The summed E-state index contributed by atoms with van der Waals surface area (Å²) in [7, 11) is 1.23. The van der Waals surface area contributed by atoms with Gasteiger partial charge in [0.15, 0.2) is 17.5 Å². The van der Waals surface area contributed by atoms with Crippen molar-refractivity contribution in [1.29, 1.82) is 0 Å². The summed E-state index contributed by atoms with van der Waals surface area (Å²) in [5, 5.41) is 0. The van der Waals surface area contributed by atoms with Crippen molar-refractivity contribution in [2.75, 3.05) is 18.5 Å². The van der Waals surface area contributed by atoms with Gasteiger partial charge in [0.05, 0.1) is 5.69 Å². The van der Waals surface area contributed by atoms with Gasteiger partial charge in [0.25, 0.3) is 0 Å². The molecule has 1 nitrogen and oxygen atoms in total. The number of halogens is 8. The van der Waals surface area contributed by atoms with Crippen molar-refractivity contribution in [3.8, 4) is 0 Å². The van der Waals surface area contributed by atoms with Gasteiger partial charge in [-0.3, -0.25) is 0 Å². The Bertz CT molecular complexity index is 627. The van der Waals surface area contributed by atoms with E-state index in [1.54, 1.807) is 0 Å². The van der Waals surface area contributed by atoms with E-state index in [2.05, 4.69) is 0 Å². The maximum Gasteiger partial charge on any atom is 0.458 e. The predicted octanol–water partition coefficient (Wildman–Crippen LogP) is 6.80. The molecule has 0 spiro atoms. The molecule has 0 aromatic heterocycles. The van der Waals surface area contributed by atoms with Crippen LogP contribution in [0.1, 0.15) is 51.5 Å². The molecule has 1 aromatic carbocycles. The van der Waals surface area contributed by atoms with Crippen LogP contribution in [0.5, 0.6) is 0 Å². The van der Waals surface area contributed by atoms with Gasteiger partial charge in [-0.05, 0) is 12.3 Å². The highest BCUT2D eigenvalue weighted by molar-refractivity contribution is 5.52. The largest absolute Gasteiger partial charge is 0.458 e. The Balaban J connectivity index is 3.19. The third kappa shape index (κ3) is 5.25. The van der Waals surface area contributed by atoms with Gasteiger partial charge in [-0.2, -0.15) is 22.0 Å². The molecule has 0 aliphatic rings. The maximum atomic E-state index is 14.4. The SMILES string of the molecule is CCCCC(CC)CCN(C)c1cc(F)c(F)c(C(F)(F)C(F)(F)F)c1F. The molecule has 156 valence electrons. The Morgan fingerprint density at radius 2 is 1.56 bits per heavy atom. The predicted molar refractivity (Wildman–Crippen MR) is 87.5 cm³/mol. The van der Waals surface area contributed by atoms with Crippen LogP contribution >= 0.6 is 0 Å². The van der Waals surface area contributed by atoms with Gasteiger partial charge in [0.1, 0.15) is 5.56 Å². The second kappa shape index (κ2) is 9.10. The van der Waals surface area contributed by atoms with E-state index in [1.165, 1.54) is 7.05 Å². The topological polar surface area (TPSA) is 3.24 Å². The number of hydrogen-bond acceptors (Lipinski definition) is 1. The van der Waals surface area contributed by atoms with E-state index < -0.39 is 40.8 Å². The Morgan fingerprint density at radius 1 is 0.963 bits per heavy atom. The van der Waals surface area contributed by atoms with Crippen LogP contribution in [-0.4, -0.2) is 19.8 Å². The lowest BCUT2D eigenvalue weighted by molar-refractivity contribution is -0.291. The molecule has 0 fully saturated rings. The zero-order chi connectivity index (χ0) is 21.0. The highest BCUT2D eigenvalue weighted by atomic mass is 19.4. The van der Waals surface area contributed by atoms with Crippen molar-refractivity contribution in [2.24, 2.45) is 5.92 Å². The van der Waals surface area contributed by atoms with E-state index in [4.69, 9.17) is 0 Å². The molecule has 1 aromatic rings. The molecule has 0 bridgehead atoms. The summed E-state index contributed by atoms with van der Waals surface area (Å²) in [6.07, 6.45) is -2.12. The summed E-state index contributed by atoms with van der Waals surface area (Å²) in [6.45, 7) is 4.06. The van der Waals surface area contributed by atoms with E-state index in [1.807, 2.05) is 13.8 Å². The van der Waals surface area contributed by atoms with Crippen LogP contribution in [0, 0.1) is 23.4 Å². The molecule has 0 aliphatic carbocycles. The van der Waals surface area contributed by atoms with Crippen molar-refractivity contribution in [2.45, 2.75) is 58.1 Å². The molecule has 0 heterocycles. The lowest BCUT2D eigenvalue weighted by Gasteiger charge is -2.26. The van der Waals surface area contributed by atoms with Crippen molar-refractivity contribution in [3.63, 3.8) is 0 Å². The average molecular weight is 405 g/mol. The molecule has 1 atom stereocenters. The molecule has 1 rings (SSSR count). The van der Waals surface area contributed by atoms with E-state index in [9.17, 15) is 35.1 Å². The minimum absolute atomic E-state index is 0.0985. The molecule has 0 radical (unpaired) electrons. The first-order valence-electron chi connectivity index (χ1n) is 8.72. The number of unbranched alkanes of at least 4 members (excludes halogenated alkanes) is 1. The van der Waals surface area contributed by atoms with E-state index in [-0.39, 0.29) is 12.5 Å². The van der Waals surface area contributed by atoms with Crippen LogP contribution in [0.2, 0.25) is 0 Å². The Labute approximate surface area is 153 Å². The first-order chi connectivity index (χ1) is 12.4. The number of anilines is 1. The van der Waals surface area contributed by atoms with Crippen LogP contribution in [0.25, 0.3) is 0 Å². The normalized spacial score (nSPS) is 13.7. The van der Waals surface area contributed by atoms with Crippen LogP contribution in [0.15, 0.2) is 6.07 Å². The molecule has 0 amide bonds. The maximum absolute atomic E-state index is 14.4. The highest BCUT2D eigenvalue weighted by Crippen LogP contribution is 2.47. The molecule has 0 N–H and O–H groups in total. The summed E-state index contributed by atoms with van der Waals surface area (Å²) in [6, 6.07) is 0.299. The fourth-order valence-corrected chi connectivity index (χ4v) is 2.83. The Kier molecular flexibility index (Phi) is 7.92. The number of hydrogen-bond donors (Lipinski definition) is 0. The second-order valence-electron chi connectivity index (χ2n) is 6.58. The lowest BCUT2D eigenvalue weighted by Crippen LogP contribution is -2.36. The summed E-state index contributed by atoms with van der Waals surface area (Å²) < 4.78 is 106. The van der Waals surface area contributed by atoms with Crippen molar-refractivity contribution >= 4 is 5.69 Å². The second-order valence-corrected chi connectivity index (χ2v) is 6.58. The number of alkyl halides is 5. The summed E-state index contributed by atoms with van der Waals surface area (Å²) in [5.41, 5.74) is -3.45. The number of benzene rings is 1. The van der Waals surface area contributed by atoms with Gasteiger partial charge in [-0.25, -0.2) is 13.2 Å². The van der Waals surface area contributed by atoms with Gasteiger partial charge in [-0.15, -0.1) is 0 Å². The molecule has 1 unspecified atom stereocenters. The van der Waals surface area contributed by atoms with Crippen LogP contribution < -0.4 is 4.90 Å². The zero-order valence-electron chi connectivity index (χ0n) is 15.4. The third-order valence-electron chi connectivity index (χ3n) is 4.63. The molecular weight excluding hydrogens is 382 g/mol. The van der Waals surface area contributed by atoms with Crippen molar-refractivity contribution in [3.05, 3.63) is 29.1 Å².